The Morgan fingerprint density at radius 1 is 0.909 bits per heavy atom. The van der Waals surface area contributed by atoms with Crippen LogP contribution in [0.4, 0.5) is 0 Å². The number of ketones is 2. The van der Waals surface area contributed by atoms with Crippen LogP contribution in [0.3, 0.4) is 0 Å². The Labute approximate surface area is 201 Å². The monoisotopic (exact) mass is 454 g/mol. The Hall–Kier alpha value is -0.960. The van der Waals surface area contributed by atoms with Gasteiger partial charge in [0.15, 0.2) is 0 Å². The zero-order valence-corrected chi connectivity index (χ0v) is 22.1. The van der Waals surface area contributed by atoms with Crippen molar-refractivity contribution in [1.29, 1.82) is 0 Å². The van der Waals surface area contributed by atoms with Crippen molar-refractivity contribution in [3.8, 4) is 0 Å². The number of carbonyl (C=O) groups excluding carboxylic acids is 2. The van der Waals surface area contributed by atoms with Gasteiger partial charge in [-0.15, -0.1) is 0 Å². The van der Waals surface area contributed by atoms with Crippen LogP contribution in [0.25, 0.3) is 0 Å². The average molecular weight is 455 g/mol. The highest BCUT2D eigenvalue weighted by Gasteiger charge is 2.69. The molecular formula is C30H46O3. The number of aliphatic hydroxyl groups is 1. The minimum atomic E-state index is -0.593. The molecule has 3 heteroatoms. The summed E-state index contributed by atoms with van der Waals surface area (Å²) < 4.78 is 0. The van der Waals surface area contributed by atoms with E-state index in [1.165, 1.54) is 0 Å². The van der Waals surface area contributed by atoms with E-state index in [1.54, 1.807) is 5.57 Å². The van der Waals surface area contributed by atoms with Gasteiger partial charge in [0.25, 0.3) is 0 Å². The number of hydrogen-bond acceptors (Lipinski definition) is 3. The van der Waals surface area contributed by atoms with Gasteiger partial charge in [0.05, 0.1) is 12.0 Å². The normalized spacial score (nSPS) is 53.3. The molecule has 0 aromatic carbocycles. The van der Waals surface area contributed by atoms with Crippen molar-refractivity contribution in [1.82, 2.24) is 0 Å². The molecule has 8 atom stereocenters. The van der Waals surface area contributed by atoms with Crippen LogP contribution in [-0.2, 0) is 9.59 Å². The molecule has 4 fully saturated rings. The number of Topliss-reactive ketones (excluding diaryl/α,β-unsaturated/α-hetero) is 2. The molecule has 0 heterocycles. The SMILES string of the molecule is CC1(C)CC(=O)[C@]2(C)CC[C@]3(C)C(=CC[C@@H]4[C@@]5(C)CCC(=O)[C@](C)(CO)[C@H]5CC[C@]43C)[C@H]2C1. The van der Waals surface area contributed by atoms with Gasteiger partial charge < -0.3 is 5.11 Å². The van der Waals surface area contributed by atoms with E-state index in [0.717, 1.165) is 51.4 Å². The molecule has 0 aromatic rings. The molecule has 3 nitrogen and oxygen atoms in total. The fraction of sp³-hybridized carbons (Fsp3) is 0.867. The zero-order valence-electron chi connectivity index (χ0n) is 22.1. The molecule has 5 aliphatic carbocycles. The lowest BCUT2D eigenvalue weighted by Gasteiger charge is -2.70. The minimum Gasteiger partial charge on any atom is -0.395 e. The van der Waals surface area contributed by atoms with Gasteiger partial charge in [-0.3, -0.25) is 9.59 Å². The van der Waals surface area contributed by atoms with Crippen LogP contribution in [0.15, 0.2) is 11.6 Å². The Balaban J connectivity index is 1.60. The van der Waals surface area contributed by atoms with Crippen molar-refractivity contribution in [3.63, 3.8) is 0 Å². The van der Waals surface area contributed by atoms with Crippen molar-refractivity contribution in [2.24, 2.45) is 50.2 Å². The smallest absolute Gasteiger partial charge is 0.141 e. The Kier molecular flexibility index (Phi) is 4.92. The lowest BCUT2D eigenvalue weighted by molar-refractivity contribution is -0.191. The second-order valence-corrected chi connectivity index (χ2v) is 14.7. The van der Waals surface area contributed by atoms with Gasteiger partial charge in [0.2, 0.25) is 0 Å². The molecule has 184 valence electrons. The number of carbonyl (C=O) groups is 2. The van der Waals surface area contributed by atoms with Gasteiger partial charge in [0.1, 0.15) is 11.6 Å². The number of fused-ring (bicyclic) bond motifs is 7. The summed E-state index contributed by atoms with van der Waals surface area (Å²) in [7, 11) is 0. The van der Waals surface area contributed by atoms with Crippen molar-refractivity contribution < 1.29 is 14.7 Å². The minimum absolute atomic E-state index is 0.0223. The summed E-state index contributed by atoms with van der Waals surface area (Å²) in [5.74, 6) is 1.90. The first-order chi connectivity index (χ1) is 15.2. The fourth-order valence-electron chi connectivity index (χ4n) is 10.3. The van der Waals surface area contributed by atoms with Crippen molar-refractivity contribution >= 4 is 11.6 Å². The zero-order chi connectivity index (χ0) is 24.2. The first kappa shape index (κ1) is 23.8. The molecule has 33 heavy (non-hydrogen) atoms. The molecule has 0 radical (unpaired) electrons. The van der Waals surface area contributed by atoms with E-state index < -0.39 is 5.41 Å². The molecule has 0 bridgehead atoms. The van der Waals surface area contributed by atoms with Gasteiger partial charge in [-0.1, -0.05) is 60.1 Å². The van der Waals surface area contributed by atoms with Crippen LogP contribution in [0, 0.1) is 50.2 Å². The molecule has 0 aliphatic heterocycles. The van der Waals surface area contributed by atoms with Gasteiger partial charge in [0, 0.05) is 18.3 Å². The summed E-state index contributed by atoms with van der Waals surface area (Å²) in [5.41, 5.74) is 1.24. The van der Waals surface area contributed by atoms with E-state index in [0.29, 0.717) is 24.0 Å². The Morgan fingerprint density at radius 2 is 1.61 bits per heavy atom. The third-order valence-corrected chi connectivity index (χ3v) is 12.7. The maximum atomic E-state index is 13.4. The van der Waals surface area contributed by atoms with E-state index >= 15 is 0 Å². The predicted molar refractivity (Wildman–Crippen MR) is 132 cm³/mol. The van der Waals surface area contributed by atoms with Crippen molar-refractivity contribution in [2.45, 2.75) is 106 Å². The van der Waals surface area contributed by atoms with Crippen molar-refractivity contribution in [2.75, 3.05) is 6.61 Å². The van der Waals surface area contributed by atoms with Crippen LogP contribution >= 0.6 is 0 Å². The predicted octanol–water partition coefficient (Wildman–Crippen LogP) is 6.53. The fourth-order valence-corrected chi connectivity index (χ4v) is 10.3. The van der Waals surface area contributed by atoms with E-state index in [2.05, 4.69) is 47.6 Å². The third-order valence-electron chi connectivity index (χ3n) is 12.7. The first-order valence-electron chi connectivity index (χ1n) is 13.6. The van der Waals surface area contributed by atoms with Gasteiger partial charge >= 0.3 is 0 Å². The highest BCUT2D eigenvalue weighted by Crippen LogP contribution is 2.75. The third kappa shape index (κ3) is 2.78. The lowest BCUT2D eigenvalue weighted by Crippen LogP contribution is -2.65. The van der Waals surface area contributed by atoms with E-state index in [4.69, 9.17) is 0 Å². The second kappa shape index (κ2) is 6.83. The molecule has 1 N–H and O–H groups in total. The number of allylic oxidation sites excluding steroid dienone is 2. The van der Waals surface area contributed by atoms with E-state index in [-0.39, 0.29) is 45.4 Å². The van der Waals surface area contributed by atoms with Crippen LogP contribution in [0.5, 0.6) is 0 Å². The summed E-state index contributed by atoms with van der Waals surface area (Å²) >= 11 is 0. The Morgan fingerprint density at radius 3 is 2.27 bits per heavy atom. The number of rotatable bonds is 1. The standard InChI is InChI=1S/C30H46O3/c1-25(2)16-20-19-8-9-22-27(4)12-11-23(32)28(5,18-31)21(27)10-13-30(22,7)29(19,6)15-14-26(20,3)24(33)17-25/h8,20-22,31H,9-18H2,1-7H3/t20-,21+,22-,26-,27+,28-,29-,30-/m1/s1. The quantitative estimate of drug-likeness (QED) is 0.458. The van der Waals surface area contributed by atoms with Crippen LogP contribution < -0.4 is 0 Å². The maximum absolute atomic E-state index is 13.4. The molecule has 0 amide bonds. The lowest BCUT2D eigenvalue weighted by atomic mass is 9.33. The Bertz CT molecular complexity index is 931. The molecule has 0 aromatic heterocycles. The second-order valence-electron chi connectivity index (χ2n) is 14.7. The maximum Gasteiger partial charge on any atom is 0.141 e. The molecule has 5 aliphatic rings. The highest BCUT2D eigenvalue weighted by atomic mass is 16.3. The summed E-state index contributed by atoms with van der Waals surface area (Å²) in [5, 5.41) is 10.3. The first-order valence-corrected chi connectivity index (χ1v) is 13.6. The van der Waals surface area contributed by atoms with Crippen LogP contribution in [-0.4, -0.2) is 23.3 Å². The largest absolute Gasteiger partial charge is 0.395 e. The van der Waals surface area contributed by atoms with Crippen LogP contribution in [0.2, 0.25) is 0 Å². The molecular weight excluding hydrogens is 408 g/mol. The van der Waals surface area contributed by atoms with Gasteiger partial charge in [-0.05, 0) is 84.4 Å². The molecule has 5 rings (SSSR count). The molecule has 0 unspecified atom stereocenters. The molecule has 0 spiro atoms. The van der Waals surface area contributed by atoms with Crippen molar-refractivity contribution in [3.05, 3.63) is 11.6 Å². The molecule has 4 saturated carbocycles. The summed E-state index contributed by atoms with van der Waals surface area (Å²) in [6.45, 7) is 16.4. The van der Waals surface area contributed by atoms with Crippen LogP contribution in [0.1, 0.15) is 106 Å². The topological polar surface area (TPSA) is 54.4 Å². The average Bonchev–Trinajstić information content (AvgIpc) is 2.73. The highest BCUT2D eigenvalue weighted by molar-refractivity contribution is 5.87. The van der Waals surface area contributed by atoms with Gasteiger partial charge in [-0.25, -0.2) is 0 Å². The summed E-state index contributed by atoms with van der Waals surface area (Å²) in [6.07, 6.45) is 11.3. The van der Waals surface area contributed by atoms with E-state index in [1.807, 2.05) is 6.92 Å². The number of hydrogen-bond donors (Lipinski definition) is 1. The number of aliphatic hydroxyl groups excluding tert-OH is 1. The summed E-state index contributed by atoms with van der Waals surface area (Å²) in [6, 6.07) is 0. The summed E-state index contributed by atoms with van der Waals surface area (Å²) in [4.78, 5) is 26.4. The van der Waals surface area contributed by atoms with E-state index in [9.17, 15) is 14.7 Å². The van der Waals surface area contributed by atoms with Gasteiger partial charge in [-0.2, -0.15) is 0 Å². The molecule has 0 saturated heterocycles.